The first-order valence-corrected chi connectivity index (χ1v) is 17.5. The van der Waals surface area contributed by atoms with Crippen LogP contribution in [0, 0.1) is 27.7 Å². The summed E-state index contributed by atoms with van der Waals surface area (Å²) in [6, 6.07) is 9.86. The van der Waals surface area contributed by atoms with Crippen LogP contribution in [0.5, 0.6) is 0 Å². The van der Waals surface area contributed by atoms with Gasteiger partial charge in [-0.05, 0) is 0 Å². The molecule has 0 aliphatic carbocycles. The molecule has 5 heteroatoms. The van der Waals surface area contributed by atoms with Crippen LogP contribution in [0.3, 0.4) is 0 Å². The van der Waals surface area contributed by atoms with Crippen LogP contribution in [0.1, 0.15) is 19.5 Å². The Morgan fingerprint density at radius 1 is 0.480 bits per heavy atom. The van der Waals surface area contributed by atoms with E-state index in [1.165, 1.54) is 19.5 Å². The van der Waals surface area contributed by atoms with Gasteiger partial charge in [0.05, 0.1) is 0 Å². The summed E-state index contributed by atoms with van der Waals surface area (Å²) in [5.41, 5.74) is 0. The molecule has 4 rings (SSSR count). The number of hydrogen-bond acceptors (Lipinski definition) is 4. The Labute approximate surface area is 169 Å². The normalized spacial score (nSPS) is 12.0. The number of rotatable bonds is 4. The zero-order chi connectivity index (χ0) is 17.6. The molecule has 0 N–H and O–H groups in total. The van der Waals surface area contributed by atoms with Gasteiger partial charge in [-0.2, -0.15) is 0 Å². The van der Waals surface area contributed by atoms with Crippen molar-refractivity contribution in [2.75, 3.05) is 0 Å². The quantitative estimate of drug-likeness (QED) is 0.356. The summed E-state index contributed by atoms with van der Waals surface area (Å²) in [4.78, 5) is 5.67. The summed E-state index contributed by atoms with van der Waals surface area (Å²) < 4.78 is 6.41. The fourth-order valence-corrected chi connectivity index (χ4v) is 26.5. The first kappa shape index (κ1) is 18.0. The van der Waals surface area contributed by atoms with E-state index in [0.717, 1.165) is 0 Å². The van der Waals surface area contributed by atoms with E-state index >= 15 is 0 Å². The second-order valence-corrected chi connectivity index (χ2v) is 21.9. The van der Waals surface area contributed by atoms with Gasteiger partial charge in [0.25, 0.3) is 0 Å². The Morgan fingerprint density at radius 2 is 0.720 bits per heavy atom. The molecule has 0 radical (unpaired) electrons. The number of aryl methyl sites for hydroxylation is 4. The van der Waals surface area contributed by atoms with Crippen molar-refractivity contribution in [2.45, 2.75) is 27.7 Å². The summed E-state index contributed by atoms with van der Waals surface area (Å²) in [6.07, 6.45) is 0. The van der Waals surface area contributed by atoms with Crippen LogP contribution < -0.4 is 14.3 Å². The van der Waals surface area contributed by atoms with E-state index < -0.39 is 18.4 Å². The monoisotopic (exact) mass is 508 g/mol. The Bertz CT molecular complexity index is 848. The number of thiophene rings is 4. The molecule has 0 aliphatic rings. The standard InChI is InChI=1S/4C5H5S.Sn/c4*1-5-3-2-4-6-5;/h4*3-4H,1H3;. The van der Waals surface area contributed by atoms with Crippen LogP contribution in [0.15, 0.2) is 45.8 Å². The average Bonchev–Trinajstić information content (AvgIpc) is 3.33. The van der Waals surface area contributed by atoms with Gasteiger partial charge < -0.3 is 0 Å². The van der Waals surface area contributed by atoms with E-state index in [-0.39, 0.29) is 0 Å². The molecule has 0 amide bonds. The van der Waals surface area contributed by atoms with Crippen LogP contribution in [0.25, 0.3) is 0 Å². The maximum absolute atomic E-state index is 3.18. The van der Waals surface area contributed by atoms with Crippen molar-refractivity contribution in [2.24, 2.45) is 0 Å². The van der Waals surface area contributed by atoms with Gasteiger partial charge in [0.1, 0.15) is 0 Å². The predicted molar refractivity (Wildman–Crippen MR) is 121 cm³/mol. The third kappa shape index (κ3) is 3.10. The fraction of sp³-hybridized carbons (Fsp3) is 0.200. The topological polar surface area (TPSA) is 0 Å². The molecule has 0 saturated heterocycles. The van der Waals surface area contributed by atoms with Crippen molar-refractivity contribution < 1.29 is 0 Å². The fourth-order valence-electron chi connectivity index (χ4n) is 3.56. The van der Waals surface area contributed by atoms with Gasteiger partial charge >= 0.3 is 171 Å². The van der Waals surface area contributed by atoms with Crippen LogP contribution in [-0.2, 0) is 0 Å². The molecule has 4 aromatic heterocycles. The zero-order valence-electron chi connectivity index (χ0n) is 14.8. The van der Waals surface area contributed by atoms with Crippen LogP contribution >= 0.6 is 45.3 Å². The van der Waals surface area contributed by atoms with Gasteiger partial charge in [-0.25, -0.2) is 0 Å². The van der Waals surface area contributed by atoms with Crippen molar-refractivity contribution in [3.63, 3.8) is 0 Å². The molecule has 0 spiro atoms. The van der Waals surface area contributed by atoms with Gasteiger partial charge in [0.15, 0.2) is 0 Å². The molecule has 0 saturated carbocycles. The minimum absolute atomic E-state index is 1.42. The zero-order valence-corrected chi connectivity index (χ0v) is 20.9. The molecule has 4 heterocycles. The minimum atomic E-state index is -3.18. The molecule has 0 nitrogen and oxygen atoms in total. The maximum atomic E-state index is 2.47. The van der Waals surface area contributed by atoms with Gasteiger partial charge in [0.2, 0.25) is 0 Å². The van der Waals surface area contributed by atoms with Crippen molar-refractivity contribution in [3.8, 4) is 0 Å². The molecule has 0 aliphatic heterocycles. The summed E-state index contributed by atoms with van der Waals surface area (Å²) in [7, 11) is 0. The molecule has 4 aromatic rings. The van der Waals surface area contributed by atoms with Gasteiger partial charge in [-0.15, -0.1) is 0 Å². The van der Waals surface area contributed by atoms with Crippen molar-refractivity contribution in [1.82, 2.24) is 0 Å². The third-order valence-corrected chi connectivity index (χ3v) is 23.7. The Balaban J connectivity index is 2.11. The number of hydrogen-bond donors (Lipinski definition) is 0. The van der Waals surface area contributed by atoms with Gasteiger partial charge in [-0.1, -0.05) is 0 Å². The Hall–Kier alpha value is -0.401. The van der Waals surface area contributed by atoms with Crippen LogP contribution in [0.4, 0.5) is 0 Å². The first-order valence-electron chi connectivity index (χ1n) is 8.22. The van der Waals surface area contributed by atoms with E-state index in [4.69, 9.17) is 0 Å². The molecule has 0 unspecified atom stereocenters. The summed E-state index contributed by atoms with van der Waals surface area (Å²) in [6.45, 7) is 8.95. The summed E-state index contributed by atoms with van der Waals surface area (Å²) >= 11 is 4.41. The van der Waals surface area contributed by atoms with Crippen molar-refractivity contribution >= 4 is 78.0 Å². The van der Waals surface area contributed by atoms with Gasteiger partial charge in [0, 0.05) is 0 Å². The van der Waals surface area contributed by atoms with Crippen LogP contribution in [-0.4, -0.2) is 18.4 Å². The van der Waals surface area contributed by atoms with Crippen molar-refractivity contribution in [1.29, 1.82) is 0 Å². The second kappa shape index (κ2) is 6.96. The average molecular weight is 507 g/mol. The first-order chi connectivity index (χ1) is 12.0. The SMILES string of the molecule is Cc1c[c]([Sn]([c]2csc(C)c2)([c]2csc(C)c2)[c]2csc(C)c2)cs1. The van der Waals surface area contributed by atoms with E-state index in [9.17, 15) is 0 Å². The molecule has 0 fully saturated rings. The molecule has 0 atom stereocenters. The Morgan fingerprint density at radius 3 is 0.880 bits per heavy atom. The predicted octanol–water partition coefficient (Wildman–Crippen LogP) is 4.54. The molecule has 25 heavy (non-hydrogen) atoms. The van der Waals surface area contributed by atoms with Gasteiger partial charge in [-0.3, -0.25) is 0 Å². The molecule has 0 bridgehead atoms. The molecular weight excluding hydrogens is 487 g/mol. The second-order valence-electron chi connectivity index (χ2n) is 6.53. The van der Waals surface area contributed by atoms with Crippen LogP contribution in [0.2, 0.25) is 0 Å². The van der Waals surface area contributed by atoms with E-state index in [0.29, 0.717) is 0 Å². The van der Waals surface area contributed by atoms with E-state index in [1.54, 1.807) is 14.3 Å². The van der Waals surface area contributed by atoms with Crippen molar-refractivity contribution in [3.05, 3.63) is 65.3 Å². The van der Waals surface area contributed by atoms with E-state index in [2.05, 4.69) is 73.5 Å². The molecule has 128 valence electrons. The molecular formula is C20H20S4Sn. The summed E-state index contributed by atoms with van der Waals surface area (Å²) in [5.74, 6) is 0. The third-order valence-electron chi connectivity index (χ3n) is 4.65. The Kier molecular flexibility index (Phi) is 5.01. The van der Waals surface area contributed by atoms with E-state index in [1.807, 2.05) is 45.3 Å². The molecule has 0 aromatic carbocycles. The summed E-state index contributed by atoms with van der Waals surface area (Å²) in [5, 5.41) is 9.77.